The fourth-order valence-corrected chi connectivity index (χ4v) is 1.43. The molecule has 0 aromatic heterocycles. The first-order chi connectivity index (χ1) is 4.36. The van der Waals surface area contributed by atoms with Gasteiger partial charge >= 0.3 is 16.0 Å². The minimum atomic E-state index is -4.65. The van der Waals surface area contributed by atoms with Crippen molar-refractivity contribution in [2.45, 2.75) is 11.4 Å². The average Bonchev–Trinajstić information content (AvgIpc) is 1.95. The van der Waals surface area contributed by atoms with Crippen LogP contribution in [0.4, 0.5) is 13.2 Å². The Labute approximate surface area is 54.9 Å². The Morgan fingerprint density at radius 1 is 1.50 bits per heavy atom. The third-order valence-corrected chi connectivity index (χ3v) is 2.30. The topological polar surface area (TPSA) is 43.4 Å². The van der Waals surface area contributed by atoms with Gasteiger partial charge in [-0.25, -0.2) is 4.39 Å². The first-order valence-electron chi connectivity index (χ1n) is 2.26. The highest BCUT2D eigenvalue weighted by Crippen LogP contribution is 2.33. The molecule has 1 aliphatic heterocycles. The van der Waals surface area contributed by atoms with Crippen molar-refractivity contribution in [2.24, 2.45) is 0 Å². The van der Waals surface area contributed by atoms with E-state index in [4.69, 9.17) is 0 Å². The maximum absolute atomic E-state index is 12.0. The lowest BCUT2D eigenvalue weighted by atomic mass is 10.4. The molecule has 0 N–H and O–H groups in total. The minimum Gasteiger partial charge on any atom is -0.261 e. The van der Waals surface area contributed by atoms with Crippen LogP contribution < -0.4 is 0 Å². The van der Waals surface area contributed by atoms with Gasteiger partial charge in [0.25, 0.3) is 5.50 Å². The highest BCUT2D eigenvalue weighted by molar-refractivity contribution is 7.87. The second-order valence-corrected chi connectivity index (χ2v) is 3.47. The zero-order chi connectivity index (χ0) is 7.99. The highest BCUT2D eigenvalue weighted by atomic mass is 32.2. The number of hydrogen-bond acceptors (Lipinski definition) is 3. The predicted octanol–water partition coefficient (Wildman–Crippen LogP) is 0.277. The van der Waals surface area contributed by atoms with Crippen LogP contribution in [0.5, 0.6) is 0 Å². The Bertz CT molecular complexity index is 233. The van der Waals surface area contributed by atoms with Gasteiger partial charge in [-0.1, -0.05) is 0 Å². The van der Waals surface area contributed by atoms with E-state index in [-0.39, 0.29) is 0 Å². The summed E-state index contributed by atoms with van der Waals surface area (Å²) in [4.78, 5) is 0. The molecule has 0 aromatic carbocycles. The molecule has 1 fully saturated rings. The van der Waals surface area contributed by atoms with E-state index in [1.54, 1.807) is 0 Å². The van der Waals surface area contributed by atoms with E-state index in [9.17, 15) is 21.6 Å². The normalized spacial score (nSPS) is 36.1. The molecule has 1 atom stereocenters. The Balaban J connectivity index is 2.99. The Morgan fingerprint density at radius 3 is 2.10 bits per heavy atom. The molecule has 1 unspecified atom stereocenters. The van der Waals surface area contributed by atoms with Crippen LogP contribution in [0.3, 0.4) is 0 Å². The van der Waals surface area contributed by atoms with Crippen molar-refractivity contribution in [3.05, 3.63) is 0 Å². The quantitative estimate of drug-likeness (QED) is 0.498. The zero-order valence-electron chi connectivity index (χ0n) is 4.55. The average molecular weight is 176 g/mol. The van der Waals surface area contributed by atoms with Gasteiger partial charge in [-0.05, 0) is 0 Å². The van der Waals surface area contributed by atoms with Crippen molar-refractivity contribution in [1.29, 1.82) is 0 Å². The largest absolute Gasteiger partial charge is 0.319 e. The lowest BCUT2D eigenvalue weighted by molar-refractivity contribution is -0.0457. The fourth-order valence-electron chi connectivity index (χ4n) is 0.497. The molecule has 7 heteroatoms. The van der Waals surface area contributed by atoms with Crippen molar-refractivity contribution in [1.82, 2.24) is 0 Å². The highest BCUT2D eigenvalue weighted by Gasteiger charge is 2.56. The molecule has 0 aliphatic carbocycles. The Kier molecular flexibility index (Phi) is 1.44. The van der Waals surface area contributed by atoms with Gasteiger partial charge in [-0.2, -0.15) is 17.2 Å². The summed E-state index contributed by atoms with van der Waals surface area (Å²) in [5, 5.41) is 0. The van der Waals surface area contributed by atoms with Crippen molar-refractivity contribution in [2.75, 3.05) is 6.61 Å². The van der Waals surface area contributed by atoms with Gasteiger partial charge in [0, 0.05) is 0 Å². The van der Waals surface area contributed by atoms with Gasteiger partial charge in [0.1, 0.15) is 6.61 Å². The van der Waals surface area contributed by atoms with Gasteiger partial charge in [-0.3, -0.25) is 4.18 Å². The zero-order valence-corrected chi connectivity index (χ0v) is 5.37. The van der Waals surface area contributed by atoms with E-state index in [2.05, 4.69) is 4.18 Å². The molecule has 0 bridgehead atoms. The molecule has 0 amide bonds. The number of hydrogen-bond donors (Lipinski definition) is 0. The summed E-state index contributed by atoms with van der Waals surface area (Å²) in [5.41, 5.74) is -3.21. The van der Waals surface area contributed by atoms with Crippen LogP contribution in [0.1, 0.15) is 0 Å². The first-order valence-corrected chi connectivity index (χ1v) is 3.73. The summed E-state index contributed by atoms with van der Waals surface area (Å²) in [5.74, 6) is -3.89. The van der Waals surface area contributed by atoms with Crippen LogP contribution in [0.25, 0.3) is 0 Å². The molecular formula is C3H3F3O3S. The molecule has 1 rings (SSSR count). The smallest absolute Gasteiger partial charge is 0.261 e. The van der Waals surface area contributed by atoms with E-state index in [1.807, 2.05) is 0 Å². The summed E-state index contributed by atoms with van der Waals surface area (Å²) in [6.45, 7) is -1.39. The minimum absolute atomic E-state index is 1.39. The van der Waals surface area contributed by atoms with Gasteiger partial charge in [0.15, 0.2) is 0 Å². The van der Waals surface area contributed by atoms with Crippen LogP contribution in [-0.2, 0) is 14.3 Å². The fraction of sp³-hybridized carbons (Fsp3) is 1.00. The lowest BCUT2D eigenvalue weighted by Gasteiger charge is -2.04. The van der Waals surface area contributed by atoms with Gasteiger partial charge in [0.2, 0.25) is 0 Å². The van der Waals surface area contributed by atoms with Crippen LogP contribution in [0.15, 0.2) is 0 Å². The van der Waals surface area contributed by atoms with E-state index in [0.717, 1.165) is 0 Å². The molecule has 60 valence electrons. The summed E-state index contributed by atoms with van der Waals surface area (Å²) < 4.78 is 59.6. The molecular weight excluding hydrogens is 173 g/mol. The molecule has 3 nitrogen and oxygen atoms in total. The molecule has 0 saturated carbocycles. The maximum Gasteiger partial charge on any atom is 0.319 e. The van der Waals surface area contributed by atoms with Crippen molar-refractivity contribution >= 4 is 10.1 Å². The lowest BCUT2D eigenvalue weighted by Crippen LogP contribution is -2.29. The maximum atomic E-state index is 12.0. The van der Waals surface area contributed by atoms with E-state index < -0.39 is 28.2 Å². The van der Waals surface area contributed by atoms with Crippen molar-refractivity contribution in [3.63, 3.8) is 0 Å². The molecule has 0 spiro atoms. The van der Waals surface area contributed by atoms with E-state index in [1.165, 1.54) is 0 Å². The van der Waals surface area contributed by atoms with Crippen LogP contribution >= 0.6 is 0 Å². The van der Waals surface area contributed by atoms with Gasteiger partial charge in [-0.15, -0.1) is 0 Å². The molecule has 1 aliphatic rings. The van der Waals surface area contributed by atoms with Crippen LogP contribution in [-0.4, -0.2) is 26.5 Å². The number of halogens is 3. The number of rotatable bonds is 0. The summed E-state index contributed by atoms with van der Waals surface area (Å²) in [6.07, 6.45) is 0. The Hall–Kier alpha value is -0.300. The van der Waals surface area contributed by atoms with E-state index in [0.29, 0.717) is 0 Å². The number of alkyl halides is 3. The van der Waals surface area contributed by atoms with Crippen LogP contribution in [0, 0.1) is 0 Å². The van der Waals surface area contributed by atoms with Crippen molar-refractivity contribution < 1.29 is 25.8 Å². The molecule has 10 heavy (non-hydrogen) atoms. The molecule has 1 heterocycles. The SMILES string of the molecule is O=S1(=O)OCC(F)(F)C1F. The third-order valence-electron chi connectivity index (χ3n) is 1.00. The second kappa shape index (κ2) is 1.85. The molecule has 0 radical (unpaired) electrons. The molecule has 0 aromatic rings. The summed E-state index contributed by atoms with van der Waals surface area (Å²) in [6, 6.07) is 0. The first kappa shape index (κ1) is 7.80. The standard InChI is InChI=1S/C3H3F3O3S/c4-2-3(5,6)1-9-10(2,7)8/h2H,1H2. The molecule has 1 saturated heterocycles. The Morgan fingerprint density at radius 2 is 2.00 bits per heavy atom. The van der Waals surface area contributed by atoms with E-state index >= 15 is 0 Å². The monoisotopic (exact) mass is 176 g/mol. The summed E-state index contributed by atoms with van der Waals surface area (Å²) in [7, 11) is -4.65. The van der Waals surface area contributed by atoms with Gasteiger partial charge < -0.3 is 0 Å². The predicted molar refractivity (Wildman–Crippen MR) is 24.7 cm³/mol. The van der Waals surface area contributed by atoms with Crippen LogP contribution in [0.2, 0.25) is 0 Å². The summed E-state index contributed by atoms with van der Waals surface area (Å²) >= 11 is 0. The van der Waals surface area contributed by atoms with Crippen molar-refractivity contribution in [3.8, 4) is 0 Å². The second-order valence-electron chi connectivity index (χ2n) is 1.83. The third kappa shape index (κ3) is 0.988. The van der Waals surface area contributed by atoms with Gasteiger partial charge in [0.05, 0.1) is 0 Å².